The fraction of sp³-hybridized carbons (Fsp3) is 0.200. The van der Waals surface area contributed by atoms with Crippen molar-refractivity contribution in [2.24, 2.45) is 0 Å². The Morgan fingerprint density at radius 1 is 0.719 bits per heavy atom. The molecule has 1 atom stereocenters. The SMILES string of the molecule is COc1ccccc1-c1cccc(C(c2ccccc2)c2cccc(C(C)(C)C)c2O)c1. The summed E-state index contributed by atoms with van der Waals surface area (Å²) >= 11 is 0. The van der Waals surface area contributed by atoms with Crippen LogP contribution in [0.15, 0.2) is 97.1 Å². The van der Waals surface area contributed by atoms with E-state index in [1.165, 1.54) is 0 Å². The Kier molecular flexibility index (Phi) is 6.05. The van der Waals surface area contributed by atoms with Gasteiger partial charge in [-0.1, -0.05) is 112 Å². The van der Waals surface area contributed by atoms with Gasteiger partial charge in [-0.2, -0.15) is 0 Å². The maximum atomic E-state index is 11.4. The molecule has 0 bridgehead atoms. The van der Waals surface area contributed by atoms with Crippen LogP contribution in [0, 0.1) is 0 Å². The van der Waals surface area contributed by atoms with Gasteiger partial charge in [-0.05, 0) is 33.7 Å². The zero-order valence-electron chi connectivity index (χ0n) is 19.2. The molecular weight excluding hydrogens is 392 g/mol. The van der Waals surface area contributed by atoms with Crippen molar-refractivity contribution in [1.82, 2.24) is 0 Å². The summed E-state index contributed by atoms with van der Waals surface area (Å²) in [5.74, 6) is 1.13. The first-order valence-corrected chi connectivity index (χ1v) is 11.0. The number of para-hydroxylation sites is 2. The Hall–Kier alpha value is -3.52. The van der Waals surface area contributed by atoms with Gasteiger partial charge in [-0.15, -0.1) is 0 Å². The van der Waals surface area contributed by atoms with Crippen LogP contribution >= 0.6 is 0 Å². The molecule has 0 radical (unpaired) electrons. The van der Waals surface area contributed by atoms with Crippen molar-refractivity contribution in [3.63, 3.8) is 0 Å². The zero-order chi connectivity index (χ0) is 22.7. The number of hydrogen-bond donors (Lipinski definition) is 1. The third-order valence-corrected chi connectivity index (χ3v) is 5.96. The van der Waals surface area contributed by atoms with E-state index in [-0.39, 0.29) is 11.3 Å². The molecule has 0 heterocycles. The van der Waals surface area contributed by atoms with Gasteiger partial charge in [0.2, 0.25) is 0 Å². The van der Waals surface area contributed by atoms with Crippen molar-refractivity contribution in [1.29, 1.82) is 0 Å². The van der Waals surface area contributed by atoms with Crippen LogP contribution in [-0.4, -0.2) is 12.2 Å². The maximum Gasteiger partial charge on any atom is 0.126 e. The van der Waals surface area contributed by atoms with Gasteiger partial charge in [0.1, 0.15) is 11.5 Å². The Morgan fingerprint density at radius 3 is 2.09 bits per heavy atom. The number of methoxy groups -OCH3 is 1. The Labute approximate surface area is 191 Å². The highest BCUT2D eigenvalue weighted by molar-refractivity contribution is 5.71. The second-order valence-electron chi connectivity index (χ2n) is 9.16. The number of ether oxygens (including phenoxy) is 1. The number of benzene rings is 4. The first-order chi connectivity index (χ1) is 15.4. The summed E-state index contributed by atoms with van der Waals surface area (Å²) in [6.45, 7) is 6.39. The maximum absolute atomic E-state index is 11.4. The van der Waals surface area contributed by atoms with E-state index in [4.69, 9.17) is 4.74 Å². The third-order valence-electron chi connectivity index (χ3n) is 5.96. The summed E-state index contributed by atoms with van der Waals surface area (Å²) in [6, 6.07) is 33.1. The lowest BCUT2D eigenvalue weighted by Gasteiger charge is -2.26. The molecule has 0 aromatic heterocycles. The van der Waals surface area contributed by atoms with E-state index in [0.717, 1.165) is 39.1 Å². The average molecular weight is 423 g/mol. The van der Waals surface area contributed by atoms with E-state index in [9.17, 15) is 5.11 Å². The number of rotatable bonds is 5. The largest absolute Gasteiger partial charge is 0.507 e. The predicted octanol–water partition coefficient (Wildman–Crippen LogP) is 7.55. The molecule has 0 aliphatic rings. The Bertz CT molecular complexity index is 1200. The topological polar surface area (TPSA) is 29.5 Å². The molecule has 0 amide bonds. The molecule has 0 aliphatic heterocycles. The highest BCUT2D eigenvalue weighted by atomic mass is 16.5. The van der Waals surface area contributed by atoms with Crippen molar-refractivity contribution in [3.05, 3.63) is 119 Å². The van der Waals surface area contributed by atoms with Gasteiger partial charge in [-0.3, -0.25) is 0 Å². The summed E-state index contributed by atoms with van der Waals surface area (Å²) in [7, 11) is 1.70. The molecule has 162 valence electrons. The lowest BCUT2D eigenvalue weighted by molar-refractivity contribution is 0.416. The van der Waals surface area contributed by atoms with E-state index in [0.29, 0.717) is 5.75 Å². The van der Waals surface area contributed by atoms with E-state index >= 15 is 0 Å². The van der Waals surface area contributed by atoms with Crippen molar-refractivity contribution in [2.75, 3.05) is 7.11 Å². The predicted molar refractivity (Wildman–Crippen MR) is 133 cm³/mol. The summed E-state index contributed by atoms with van der Waals surface area (Å²) in [6.07, 6.45) is 0. The van der Waals surface area contributed by atoms with Gasteiger partial charge in [0.05, 0.1) is 7.11 Å². The van der Waals surface area contributed by atoms with Crippen LogP contribution in [0.5, 0.6) is 11.5 Å². The number of aromatic hydroxyl groups is 1. The molecule has 4 aromatic carbocycles. The van der Waals surface area contributed by atoms with Crippen molar-refractivity contribution in [2.45, 2.75) is 32.1 Å². The lowest BCUT2D eigenvalue weighted by atomic mass is 9.79. The minimum absolute atomic E-state index is 0.0897. The average Bonchev–Trinajstić information content (AvgIpc) is 2.80. The van der Waals surface area contributed by atoms with Gasteiger partial charge in [0.15, 0.2) is 0 Å². The molecule has 0 aliphatic carbocycles. The first-order valence-electron chi connectivity index (χ1n) is 11.0. The van der Waals surface area contributed by atoms with Crippen molar-refractivity contribution < 1.29 is 9.84 Å². The second kappa shape index (κ2) is 8.92. The molecule has 4 aromatic rings. The highest BCUT2D eigenvalue weighted by Gasteiger charge is 2.25. The molecule has 0 fully saturated rings. The molecular formula is C30H30O2. The Morgan fingerprint density at radius 2 is 1.38 bits per heavy atom. The molecule has 1 unspecified atom stereocenters. The third kappa shape index (κ3) is 4.27. The Balaban J connectivity index is 1.91. The van der Waals surface area contributed by atoms with Gasteiger partial charge < -0.3 is 9.84 Å². The van der Waals surface area contributed by atoms with Crippen LogP contribution in [0.2, 0.25) is 0 Å². The van der Waals surface area contributed by atoms with E-state index < -0.39 is 0 Å². The second-order valence-corrected chi connectivity index (χ2v) is 9.16. The molecule has 32 heavy (non-hydrogen) atoms. The molecule has 0 saturated heterocycles. The van der Waals surface area contributed by atoms with Gasteiger partial charge in [-0.25, -0.2) is 0 Å². The van der Waals surface area contributed by atoms with Gasteiger partial charge in [0.25, 0.3) is 0 Å². The minimum Gasteiger partial charge on any atom is -0.507 e. The molecule has 1 N–H and O–H groups in total. The lowest BCUT2D eigenvalue weighted by Crippen LogP contribution is -2.13. The van der Waals surface area contributed by atoms with E-state index in [1.54, 1.807) is 7.11 Å². The standard InChI is InChI=1S/C30H30O2/c1-30(2,3)26-18-11-17-25(29(26)31)28(21-12-6-5-7-13-21)23-15-10-14-22(20-23)24-16-8-9-19-27(24)32-4/h5-20,28,31H,1-4H3. The normalized spacial score (nSPS) is 12.4. The molecule has 0 spiro atoms. The molecule has 4 rings (SSSR count). The van der Waals surface area contributed by atoms with Crippen LogP contribution in [0.25, 0.3) is 11.1 Å². The van der Waals surface area contributed by atoms with Crippen LogP contribution in [0.4, 0.5) is 0 Å². The summed E-state index contributed by atoms with van der Waals surface area (Å²) in [5.41, 5.74) is 6.13. The summed E-state index contributed by atoms with van der Waals surface area (Å²) in [5, 5.41) is 11.4. The highest BCUT2D eigenvalue weighted by Crippen LogP contribution is 2.42. The van der Waals surface area contributed by atoms with Gasteiger partial charge >= 0.3 is 0 Å². The quantitative estimate of drug-likeness (QED) is 0.337. The fourth-order valence-corrected chi connectivity index (χ4v) is 4.37. The zero-order valence-corrected chi connectivity index (χ0v) is 19.2. The monoisotopic (exact) mass is 422 g/mol. The van der Waals surface area contributed by atoms with Crippen LogP contribution in [-0.2, 0) is 5.41 Å². The number of phenols is 1. The first kappa shape index (κ1) is 21.7. The van der Waals surface area contributed by atoms with Crippen LogP contribution < -0.4 is 4.74 Å². The van der Waals surface area contributed by atoms with E-state index in [1.807, 2.05) is 36.4 Å². The summed E-state index contributed by atoms with van der Waals surface area (Å²) < 4.78 is 5.60. The summed E-state index contributed by atoms with van der Waals surface area (Å²) in [4.78, 5) is 0. The van der Waals surface area contributed by atoms with Crippen molar-refractivity contribution >= 4 is 0 Å². The minimum atomic E-state index is -0.152. The van der Waals surface area contributed by atoms with Crippen LogP contribution in [0.1, 0.15) is 48.9 Å². The van der Waals surface area contributed by atoms with Crippen molar-refractivity contribution in [3.8, 4) is 22.6 Å². The van der Waals surface area contributed by atoms with Crippen LogP contribution in [0.3, 0.4) is 0 Å². The smallest absolute Gasteiger partial charge is 0.126 e. The fourth-order valence-electron chi connectivity index (χ4n) is 4.37. The molecule has 2 heteroatoms. The number of phenolic OH excluding ortho intramolecular Hbond substituents is 1. The van der Waals surface area contributed by atoms with Gasteiger partial charge in [0, 0.05) is 17.0 Å². The number of hydrogen-bond acceptors (Lipinski definition) is 2. The molecule has 0 saturated carbocycles. The molecule has 2 nitrogen and oxygen atoms in total. The van der Waals surface area contributed by atoms with E-state index in [2.05, 4.69) is 81.4 Å².